The van der Waals surface area contributed by atoms with Crippen molar-refractivity contribution >= 4 is 17.6 Å². The first kappa shape index (κ1) is 21.2. The van der Waals surface area contributed by atoms with Gasteiger partial charge in [-0.1, -0.05) is 76.8 Å². The molecule has 4 heteroatoms. The van der Waals surface area contributed by atoms with Crippen molar-refractivity contribution in [2.24, 2.45) is 0 Å². The van der Waals surface area contributed by atoms with Crippen LogP contribution in [0.2, 0.25) is 0 Å². The van der Waals surface area contributed by atoms with Gasteiger partial charge in [-0.15, -0.1) is 0 Å². The van der Waals surface area contributed by atoms with E-state index >= 15 is 0 Å². The number of nitrogens with one attached hydrogen (secondary N) is 1. The van der Waals surface area contributed by atoms with Crippen LogP contribution in [0.1, 0.15) is 83.1 Å². The van der Waals surface area contributed by atoms with E-state index in [0.29, 0.717) is 6.42 Å². The maximum absolute atomic E-state index is 11.9. The second-order valence-electron chi connectivity index (χ2n) is 6.75. The number of rotatable bonds is 14. The standard InChI is InChI=1S/C21H33NO3/c1-2-3-4-5-6-7-8-9-10-11-12-20(23)22-19-15-13-18(14-16-19)17-21(24)25/h13-16H,2-12,17H2,1H3,(H,22,23)(H,24,25). The average Bonchev–Trinajstić information content (AvgIpc) is 2.58. The summed E-state index contributed by atoms with van der Waals surface area (Å²) >= 11 is 0. The lowest BCUT2D eigenvalue weighted by Gasteiger charge is -2.06. The summed E-state index contributed by atoms with van der Waals surface area (Å²) in [7, 11) is 0. The summed E-state index contributed by atoms with van der Waals surface area (Å²) < 4.78 is 0. The first-order valence-corrected chi connectivity index (χ1v) is 9.72. The summed E-state index contributed by atoms with van der Waals surface area (Å²) in [6.07, 6.45) is 13.1. The van der Waals surface area contributed by atoms with Crippen LogP contribution in [-0.4, -0.2) is 17.0 Å². The monoisotopic (exact) mass is 347 g/mol. The maximum atomic E-state index is 11.9. The zero-order chi connectivity index (χ0) is 18.3. The topological polar surface area (TPSA) is 66.4 Å². The number of amides is 1. The van der Waals surface area contributed by atoms with Gasteiger partial charge in [-0.3, -0.25) is 9.59 Å². The normalized spacial score (nSPS) is 10.6. The van der Waals surface area contributed by atoms with E-state index in [1.807, 2.05) is 0 Å². The third-order valence-corrected chi connectivity index (χ3v) is 4.35. The Morgan fingerprint density at radius 1 is 0.840 bits per heavy atom. The van der Waals surface area contributed by atoms with Gasteiger partial charge in [0.1, 0.15) is 0 Å². The third-order valence-electron chi connectivity index (χ3n) is 4.35. The van der Waals surface area contributed by atoms with E-state index < -0.39 is 5.97 Å². The van der Waals surface area contributed by atoms with E-state index in [0.717, 1.165) is 24.1 Å². The first-order chi connectivity index (χ1) is 12.1. The number of benzene rings is 1. The minimum absolute atomic E-state index is 0.00678. The van der Waals surface area contributed by atoms with Gasteiger partial charge in [0, 0.05) is 12.1 Å². The maximum Gasteiger partial charge on any atom is 0.307 e. The number of unbranched alkanes of at least 4 members (excludes halogenated alkanes) is 9. The molecule has 0 aliphatic rings. The Morgan fingerprint density at radius 3 is 1.88 bits per heavy atom. The molecule has 140 valence electrons. The molecule has 0 saturated heterocycles. The highest BCUT2D eigenvalue weighted by Gasteiger charge is 2.04. The lowest BCUT2D eigenvalue weighted by atomic mass is 10.1. The van der Waals surface area contributed by atoms with Gasteiger partial charge < -0.3 is 10.4 Å². The highest BCUT2D eigenvalue weighted by Crippen LogP contribution is 2.13. The van der Waals surface area contributed by atoms with Crippen molar-refractivity contribution in [2.75, 3.05) is 5.32 Å². The summed E-state index contributed by atoms with van der Waals surface area (Å²) in [5.41, 5.74) is 1.46. The lowest BCUT2D eigenvalue weighted by Crippen LogP contribution is -2.11. The quantitative estimate of drug-likeness (QED) is 0.433. The number of carbonyl (C=O) groups excluding carboxylic acids is 1. The van der Waals surface area contributed by atoms with Crippen molar-refractivity contribution in [3.8, 4) is 0 Å². The van der Waals surface area contributed by atoms with Gasteiger partial charge in [0.15, 0.2) is 0 Å². The highest BCUT2D eigenvalue weighted by molar-refractivity contribution is 5.90. The molecule has 1 amide bonds. The molecule has 0 bridgehead atoms. The van der Waals surface area contributed by atoms with Gasteiger partial charge in [0.05, 0.1) is 6.42 Å². The number of aliphatic carboxylic acids is 1. The molecule has 0 unspecified atom stereocenters. The fourth-order valence-electron chi connectivity index (χ4n) is 2.88. The largest absolute Gasteiger partial charge is 0.481 e. The molecular weight excluding hydrogens is 314 g/mol. The molecule has 1 aromatic carbocycles. The minimum Gasteiger partial charge on any atom is -0.481 e. The molecule has 0 aliphatic carbocycles. The van der Waals surface area contributed by atoms with Crippen LogP contribution in [-0.2, 0) is 16.0 Å². The number of carboxylic acids is 1. The SMILES string of the molecule is CCCCCCCCCCCCC(=O)Nc1ccc(CC(=O)O)cc1. The van der Waals surface area contributed by atoms with Crippen LogP contribution in [0.3, 0.4) is 0 Å². The summed E-state index contributed by atoms with van der Waals surface area (Å²) in [5.74, 6) is -0.816. The molecule has 25 heavy (non-hydrogen) atoms. The van der Waals surface area contributed by atoms with Crippen molar-refractivity contribution in [1.29, 1.82) is 0 Å². The zero-order valence-corrected chi connectivity index (χ0v) is 15.6. The molecule has 0 spiro atoms. The molecule has 2 N–H and O–H groups in total. The molecule has 0 atom stereocenters. The van der Waals surface area contributed by atoms with Gasteiger partial charge in [-0.2, -0.15) is 0 Å². The van der Waals surface area contributed by atoms with Gasteiger partial charge in [-0.25, -0.2) is 0 Å². The fraction of sp³-hybridized carbons (Fsp3) is 0.619. The minimum atomic E-state index is -0.849. The van der Waals surface area contributed by atoms with Gasteiger partial charge in [0.25, 0.3) is 0 Å². The second kappa shape index (κ2) is 13.5. The molecule has 0 aromatic heterocycles. The Bertz CT molecular complexity index is 496. The molecule has 0 fully saturated rings. The Labute approximate surface area is 152 Å². The van der Waals surface area contributed by atoms with Crippen LogP contribution in [0.25, 0.3) is 0 Å². The molecule has 0 saturated carbocycles. The molecule has 0 radical (unpaired) electrons. The van der Waals surface area contributed by atoms with E-state index in [1.165, 1.54) is 51.4 Å². The number of carbonyl (C=O) groups is 2. The van der Waals surface area contributed by atoms with Gasteiger partial charge in [0.2, 0.25) is 5.91 Å². The van der Waals surface area contributed by atoms with Crippen molar-refractivity contribution in [3.05, 3.63) is 29.8 Å². The first-order valence-electron chi connectivity index (χ1n) is 9.72. The van der Waals surface area contributed by atoms with Crippen molar-refractivity contribution in [2.45, 2.75) is 84.0 Å². The molecule has 1 rings (SSSR count). The van der Waals surface area contributed by atoms with Crippen LogP contribution in [0.4, 0.5) is 5.69 Å². The molecule has 1 aromatic rings. The van der Waals surface area contributed by atoms with E-state index in [1.54, 1.807) is 24.3 Å². The number of hydrogen-bond acceptors (Lipinski definition) is 2. The van der Waals surface area contributed by atoms with Crippen molar-refractivity contribution in [1.82, 2.24) is 0 Å². The van der Waals surface area contributed by atoms with Crippen molar-refractivity contribution < 1.29 is 14.7 Å². The Hall–Kier alpha value is -1.84. The predicted octanol–water partition coefficient (Wildman–Crippen LogP) is 5.56. The third kappa shape index (κ3) is 11.4. The second-order valence-corrected chi connectivity index (χ2v) is 6.75. The number of anilines is 1. The van der Waals surface area contributed by atoms with E-state index in [2.05, 4.69) is 12.2 Å². The Balaban J connectivity index is 2.04. The molecule has 4 nitrogen and oxygen atoms in total. The Morgan fingerprint density at radius 2 is 1.36 bits per heavy atom. The summed E-state index contributed by atoms with van der Waals surface area (Å²) in [6.45, 7) is 2.24. The predicted molar refractivity (Wildman–Crippen MR) is 103 cm³/mol. The number of carboxylic acid groups (broad SMARTS) is 1. The van der Waals surface area contributed by atoms with E-state index in [-0.39, 0.29) is 12.3 Å². The van der Waals surface area contributed by atoms with Crippen molar-refractivity contribution in [3.63, 3.8) is 0 Å². The van der Waals surface area contributed by atoms with Crippen LogP contribution in [0, 0.1) is 0 Å². The average molecular weight is 347 g/mol. The highest BCUT2D eigenvalue weighted by atomic mass is 16.4. The number of hydrogen-bond donors (Lipinski definition) is 2. The Kier molecular flexibility index (Phi) is 11.4. The van der Waals surface area contributed by atoms with Gasteiger partial charge in [-0.05, 0) is 24.1 Å². The summed E-state index contributed by atoms with van der Waals surface area (Å²) in [4.78, 5) is 22.5. The summed E-state index contributed by atoms with van der Waals surface area (Å²) in [6, 6.07) is 7.00. The van der Waals surface area contributed by atoms with Crippen LogP contribution >= 0.6 is 0 Å². The molecule has 0 aliphatic heterocycles. The van der Waals surface area contributed by atoms with E-state index in [9.17, 15) is 9.59 Å². The lowest BCUT2D eigenvalue weighted by molar-refractivity contribution is -0.136. The van der Waals surface area contributed by atoms with Crippen LogP contribution < -0.4 is 5.32 Å². The van der Waals surface area contributed by atoms with E-state index in [4.69, 9.17) is 5.11 Å². The van der Waals surface area contributed by atoms with Gasteiger partial charge >= 0.3 is 5.97 Å². The van der Waals surface area contributed by atoms with Crippen LogP contribution in [0.5, 0.6) is 0 Å². The van der Waals surface area contributed by atoms with Crippen LogP contribution in [0.15, 0.2) is 24.3 Å². The fourth-order valence-corrected chi connectivity index (χ4v) is 2.88. The smallest absolute Gasteiger partial charge is 0.307 e. The summed E-state index contributed by atoms with van der Waals surface area (Å²) in [5, 5.41) is 11.6. The zero-order valence-electron chi connectivity index (χ0n) is 15.6. The molecular formula is C21H33NO3. The molecule has 0 heterocycles.